The second-order valence-corrected chi connectivity index (χ2v) is 7.18. The Hall–Kier alpha value is -1.60. The highest BCUT2D eigenvalue weighted by Crippen LogP contribution is 2.48. The molecule has 1 saturated heterocycles. The molecule has 0 amide bonds. The van der Waals surface area contributed by atoms with Crippen molar-refractivity contribution in [2.75, 3.05) is 20.1 Å². The van der Waals surface area contributed by atoms with Crippen molar-refractivity contribution in [3.05, 3.63) is 71.3 Å². The van der Waals surface area contributed by atoms with Gasteiger partial charge in [0.05, 0.1) is 0 Å². The molecule has 2 aliphatic rings. The lowest BCUT2D eigenvalue weighted by molar-refractivity contribution is 0.374. The Labute approximate surface area is 134 Å². The molecule has 0 spiro atoms. The molecule has 1 aliphatic heterocycles. The predicted octanol–water partition coefficient (Wildman–Crippen LogP) is 4.65. The van der Waals surface area contributed by atoms with Gasteiger partial charge in [-0.2, -0.15) is 0 Å². The van der Waals surface area contributed by atoms with E-state index in [1.807, 2.05) is 0 Å². The third-order valence-corrected chi connectivity index (χ3v) is 5.64. The summed E-state index contributed by atoms with van der Waals surface area (Å²) in [5.41, 5.74) is 4.68. The molecule has 4 rings (SSSR count). The Morgan fingerprint density at radius 1 is 0.955 bits per heavy atom. The van der Waals surface area contributed by atoms with Gasteiger partial charge < -0.3 is 4.90 Å². The second kappa shape index (κ2) is 5.89. The summed E-state index contributed by atoms with van der Waals surface area (Å²) in [5, 5.41) is 0. The zero-order valence-corrected chi connectivity index (χ0v) is 13.4. The Bertz CT molecular complexity index is 633. The number of benzene rings is 2. The lowest BCUT2D eigenvalue weighted by atomic mass is 9.88. The molecule has 1 heterocycles. The van der Waals surface area contributed by atoms with E-state index < -0.39 is 0 Å². The maximum absolute atomic E-state index is 2.49. The fourth-order valence-corrected chi connectivity index (χ4v) is 4.58. The molecule has 3 atom stereocenters. The third kappa shape index (κ3) is 2.59. The molecule has 3 unspecified atom stereocenters. The Morgan fingerprint density at radius 3 is 2.41 bits per heavy atom. The first-order valence-corrected chi connectivity index (χ1v) is 8.63. The van der Waals surface area contributed by atoms with E-state index in [4.69, 9.17) is 0 Å². The number of nitrogens with zero attached hydrogens (tertiary/aromatic N) is 1. The van der Waals surface area contributed by atoms with Gasteiger partial charge in [-0.15, -0.1) is 0 Å². The molecule has 1 nitrogen and oxygen atoms in total. The molecule has 0 N–H and O–H groups in total. The molecule has 1 fully saturated rings. The van der Waals surface area contributed by atoms with Crippen LogP contribution in [0, 0.1) is 5.92 Å². The van der Waals surface area contributed by atoms with E-state index in [-0.39, 0.29) is 0 Å². The number of hydrogen-bond donors (Lipinski definition) is 0. The zero-order chi connectivity index (χ0) is 14.9. The molecule has 0 radical (unpaired) electrons. The molecule has 0 aromatic heterocycles. The molecule has 0 saturated carbocycles. The lowest BCUT2D eigenvalue weighted by Crippen LogP contribution is -2.15. The van der Waals surface area contributed by atoms with E-state index in [9.17, 15) is 0 Å². The van der Waals surface area contributed by atoms with Gasteiger partial charge in [-0.25, -0.2) is 0 Å². The van der Waals surface area contributed by atoms with Crippen molar-refractivity contribution in [1.29, 1.82) is 0 Å². The highest BCUT2D eigenvalue weighted by Gasteiger charge is 2.34. The molecule has 114 valence electrons. The van der Waals surface area contributed by atoms with Gasteiger partial charge in [-0.1, -0.05) is 54.6 Å². The molecule has 2 aromatic carbocycles. The van der Waals surface area contributed by atoms with Gasteiger partial charge in [0.1, 0.15) is 0 Å². The van der Waals surface area contributed by atoms with Crippen LogP contribution in [0.4, 0.5) is 0 Å². The Morgan fingerprint density at radius 2 is 1.68 bits per heavy atom. The molecular formula is C21H25N. The first-order chi connectivity index (χ1) is 10.8. The van der Waals surface area contributed by atoms with Gasteiger partial charge in [0.2, 0.25) is 0 Å². The average molecular weight is 291 g/mol. The summed E-state index contributed by atoms with van der Waals surface area (Å²) in [6.45, 7) is 2.57. The van der Waals surface area contributed by atoms with Gasteiger partial charge in [0.25, 0.3) is 0 Å². The topological polar surface area (TPSA) is 3.24 Å². The molecule has 2 aromatic rings. The van der Waals surface area contributed by atoms with Crippen LogP contribution >= 0.6 is 0 Å². The second-order valence-electron chi connectivity index (χ2n) is 7.18. The molecule has 1 heteroatoms. The normalized spacial score (nSPS) is 28.0. The summed E-state index contributed by atoms with van der Waals surface area (Å²) in [5.74, 6) is 2.23. The molecular weight excluding hydrogens is 266 g/mol. The predicted molar refractivity (Wildman–Crippen MR) is 92.3 cm³/mol. The van der Waals surface area contributed by atoms with Gasteiger partial charge in [-0.3, -0.25) is 0 Å². The van der Waals surface area contributed by atoms with Crippen molar-refractivity contribution >= 4 is 0 Å². The van der Waals surface area contributed by atoms with E-state index in [1.54, 1.807) is 11.1 Å². The Balaban J connectivity index is 1.60. The average Bonchev–Trinajstić information content (AvgIpc) is 3.13. The zero-order valence-electron chi connectivity index (χ0n) is 13.4. The monoisotopic (exact) mass is 291 g/mol. The number of fused-ring (bicyclic) bond motifs is 1. The van der Waals surface area contributed by atoms with Crippen molar-refractivity contribution in [2.45, 2.75) is 31.1 Å². The summed E-state index contributed by atoms with van der Waals surface area (Å²) in [4.78, 5) is 2.49. The SMILES string of the molecule is CN1CCC(CC2CC(c3ccccc3)c3ccccc32)C1. The summed E-state index contributed by atoms with van der Waals surface area (Å²) in [7, 11) is 2.26. The standard InChI is InChI=1S/C21H25N/c1-22-12-11-16(15-22)13-18-14-21(17-7-3-2-4-8-17)20-10-6-5-9-19(18)20/h2-10,16,18,21H,11-15H2,1H3. The van der Waals surface area contributed by atoms with Crippen LogP contribution in [-0.2, 0) is 0 Å². The van der Waals surface area contributed by atoms with E-state index in [0.29, 0.717) is 5.92 Å². The van der Waals surface area contributed by atoms with Crippen LogP contribution in [0.25, 0.3) is 0 Å². The summed E-state index contributed by atoms with van der Waals surface area (Å²) in [6.07, 6.45) is 4.04. The minimum absolute atomic E-state index is 0.599. The number of hydrogen-bond acceptors (Lipinski definition) is 1. The molecule has 22 heavy (non-hydrogen) atoms. The first kappa shape index (κ1) is 14.0. The number of likely N-dealkylation sites (tertiary alicyclic amines) is 1. The van der Waals surface area contributed by atoms with E-state index in [1.165, 1.54) is 37.9 Å². The minimum Gasteiger partial charge on any atom is -0.306 e. The van der Waals surface area contributed by atoms with Crippen molar-refractivity contribution < 1.29 is 0 Å². The number of rotatable bonds is 3. The summed E-state index contributed by atoms with van der Waals surface area (Å²) < 4.78 is 0. The third-order valence-electron chi connectivity index (χ3n) is 5.64. The van der Waals surface area contributed by atoms with Crippen molar-refractivity contribution in [2.24, 2.45) is 5.92 Å². The van der Waals surface area contributed by atoms with Crippen LogP contribution < -0.4 is 0 Å². The van der Waals surface area contributed by atoms with Gasteiger partial charge in [0, 0.05) is 12.5 Å². The fraction of sp³-hybridized carbons (Fsp3) is 0.429. The van der Waals surface area contributed by atoms with Crippen LogP contribution in [0.1, 0.15) is 47.8 Å². The van der Waals surface area contributed by atoms with Crippen LogP contribution in [0.15, 0.2) is 54.6 Å². The first-order valence-electron chi connectivity index (χ1n) is 8.63. The lowest BCUT2D eigenvalue weighted by Gasteiger charge is -2.17. The summed E-state index contributed by atoms with van der Waals surface area (Å²) in [6, 6.07) is 20.2. The maximum atomic E-state index is 2.49. The van der Waals surface area contributed by atoms with Crippen molar-refractivity contribution in [3.8, 4) is 0 Å². The van der Waals surface area contributed by atoms with Crippen molar-refractivity contribution in [1.82, 2.24) is 4.90 Å². The van der Waals surface area contributed by atoms with Crippen LogP contribution in [0.2, 0.25) is 0 Å². The van der Waals surface area contributed by atoms with Crippen LogP contribution in [0.5, 0.6) is 0 Å². The van der Waals surface area contributed by atoms with Gasteiger partial charge >= 0.3 is 0 Å². The van der Waals surface area contributed by atoms with E-state index in [2.05, 4.69) is 66.5 Å². The molecule has 0 bridgehead atoms. The largest absolute Gasteiger partial charge is 0.306 e. The smallest absolute Gasteiger partial charge is 0.00979 e. The maximum Gasteiger partial charge on any atom is 0.00979 e. The minimum atomic E-state index is 0.599. The van der Waals surface area contributed by atoms with E-state index >= 15 is 0 Å². The summed E-state index contributed by atoms with van der Waals surface area (Å²) >= 11 is 0. The Kier molecular flexibility index (Phi) is 3.75. The quantitative estimate of drug-likeness (QED) is 0.796. The fourth-order valence-electron chi connectivity index (χ4n) is 4.58. The van der Waals surface area contributed by atoms with Gasteiger partial charge in [-0.05, 0) is 61.4 Å². The van der Waals surface area contributed by atoms with E-state index in [0.717, 1.165) is 11.8 Å². The van der Waals surface area contributed by atoms with Crippen LogP contribution in [0.3, 0.4) is 0 Å². The van der Waals surface area contributed by atoms with Crippen LogP contribution in [-0.4, -0.2) is 25.0 Å². The van der Waals surface area contributed by atoms with Crippen molar-refractivity contribution in [3.63, 3.8) is 0 Å². The highest BCUT2D eigenvalue weighted by atomic mass is 15.1. The van der Waals surface area contributed by atoms with Gasteiger partial charge in [0.15, 0.2) is 0 Å². The molecule has 1 aliphatic carbocycles. The highest BCUT2D eigenvalue weighted by molar-refractivity contribution is 5.44.